The van der Waals surface area contributed by atoms with Crippen molar-refractivity contribution in [3.8, 4) is 17.0 Å². The van der Waals surface area contributed by atoms with Gasteiger partial charge >= 0.3 is 6.09 Å². The van der Waals surface area contributed by atoms with Gasteiger partial charge in [-0.15, -0.1) is 0 Å². The summed E-state index contributed by atoms with van der Waals surface area (Å²) in [5.41, 5.74) is 7.00. The van der Waals surface area contributed by atoms with Crippen LogP contribution in [0.3, 0.4) is 0 Å². The van der Waals surface area contributed by atoms with E-state index in [9.17, 15) is 14.7 Å². The first kappa shape index (κ1) is 21.4. The Morgan fingerprint density at radius 1 is 1.17 bits per heavy atom. The molecule has 3 rings (SSSR count). The van der Waals surface area contributed by atoms with Gasteiger partial charge in [-0.05, 0) is 24.3 Å². The number of ether oxygens (including phenoxy) is 1. The Morgan fingerprint density at radius 2 is 1.90 bits per heavy atom. The Labute approximate surface area is 175 Å². The highest BCUT2D eigenvalue weighted by Gasteiger charge is 2.21. The third kappa shape index (κ3) is 5.60. The lowest BCUT2D eigenvalue weighted by molar-refractivity contribution is -0.118. The molecule has 1 aromatic heterocycles. The molecule has 2 heterocycles. The number of piperazine rings is 1. The molecule has 0 spiro atoms. The van der Waals surface area contributed by atoms with Crippen LogP contribution in [0, 0.1) is 0 Å². The first-order chi connectivity index (χ1) is 14.5. The quantitative estimate of drug-likeness (QED) is 0.672. The zero-order valence-corrected chi connectivity index (χ0v) is 17.0. The molecule has 0 bridgehead atoms. The van der Waals surface area contributed by atoms with Crippen LogP contribution in [0.5, 0.6) is 5.75 Å². The second-order valence-corrected chi connectivity index (χ2v) is 7.11. The topological polar surface area (TPSA) is 112 Å². The number of primary amides is 1. The first-order valence-electron chi connectivity index (χ1n) is 9.81. The largest absolute Gasteiger partial charge is 0.497 e. The van der Waals surface area contributed by atoms with Gasteiger partial charge in [0.05, 0.1) is 12.8 Å². The number of pyridine rings is 1. The zero-order chi connectivity index (χ0) is 21.5. The summed E-state index contributed by atoms with van der Waals surface area (Å²) < 4.78 is 5.30. The van der Waals surface area contributed by atoms with E-state index >= 15 is 0 Å². The fourth-order valence-electron chi connectivity index (χ4n) is 3.44. The van der Waals surface area contributed by atoms with Gasteiger partial charge in [0.1, 0.15) is 18.1 Å². The molecule has 1 saturated heterocycles. The van der Waals surface area contributed by atoms with Gasteiger partial charge in [0.15, 0.2) is 0 Å². The number of carbonyl (C=O) groups excluding carboxylic acids is 1. The number of carboxylic acid groups (broad SMARTS) is 1. The molecule has 2 aromatic rings. The summed E-state index contributed by atoms with van der Waals surface area (Å²) in [6.45, 7) is 3.68. The number of carbonyl (C=O) groups is 2. The highest BCUT2D eigenvalue weighted by Crippen LogP contribution is 2.24. The van der Waals surface area contributed by atoms with E-state index in [0.29, 0.717) is 6.54 Å². The average molecular weight is 413 g/mol. The molecule has 3 N–H and O–H groups in total. The fourth-order valence-corrected chi connectivity index (χ4v) is 3.44. The molecule has 0 aliphatic carbocycles. The summed E-state index contributed by atoms with van der Waals surface area (Å²) in [6, 6.07) is 13.8. The summed E-state index contributed by atoms with van der Waals surface area (Å²) in [7, 11) is 1.64. The molecule has 0 radical (unpaired) electrons. The number of nitrogens with two attached hydrogens (primary N) is 1. The maximum Gasteiger partial charge on any atom is 0.407 e. The lowest BCUT2D eigenvalue weighted by atomic mass is 10.1. The van der Waals surface area contributed by atoms with E-state index in [-0.39, 0.29) is 13.1 Å². The van der Waals surface area contributed by atoms with Crippen LogP contribution in [0.25, 0.3) is 11.3 Å². The van der Waals surface area contributed by atoms with Gasteiger partial charge in [0.25, 0.3) is 0 Å². The van der Waals surface area contributed by atoms with E-state index < -0.39 is 12.0 Å². The van der Waals surface area contributed by atoms with Crippen LogP contribution in [0.15, 0.2) is 42.5 Å². The second-order valence-electron chi connectivity index (χ2n) is 7.11. The molecular weight excluding hydrogens is 386 g/mol. The van der Waals surface area contributed by atoms with Gasteiger partial charge in [0, 0.05) is 44.8 Å². The molecule has 0 atom stereocenters. The number of hydrogen-bond donors (Lipinski definition) is 2. The second kappa shape index (κ2) is 9.93. The van der Waals surface area contributed by atoms with Crippen LogP contribution in [-0.2, 0) is 4.79 Å². The standard InChI is InChI=1S/C21H27N5O4/c1-30-17-5-2-4-16(14-17)18-6-3-7-20(23-18)25-11-8-24(9-12-25)10-13-26(21(28)29)15-19(22)27/h2-7,14H,8-13,15H2,1H3,(H2,22,27)(H,28,29). The minimum absolute atomic E-state index is 0.252. The number of rotatable bonds is 8. The van der Waals surface area contributed by atoms with Crippen molar-refractivity contribution in [2.24, 2.45) is 5.73 Å². The summed E-state index contributed by atoms with van der Waals surface area (Å²) in [5.74, 6) is 1.06. The average Bonchev–Trinajstić information content (AvgIpc) is 2.76. The predicted octanol–water partition coefficient (Wildman–Crippen LogP) is 1.34. The van der Waals surface area contributed by atoms with Crippen LogP contribution in [0.2, 0.25) is 0 Å². The zero-order valence-electron chi connectivity index (χ0n) is 17.0. The van der Waals surface area contributed by atoms with E-state index in [0.717, 1.165) is 53.9 Å². The van der Waals surface area contributed by atoms with Crippen molar-refractivity contribution in [1.82, 2.24) is 14.8 Å². The maximum atomic E-state index is 11.2. The summed E-state index contributed by atoms with van der Waals surface area (Å²) >= 11 is 0. The van der Waals surface area contributed by atoms with Gasteiger partial charge in [-0.2, -0.15) is 0 Å². The van der Waals surface area contributed by atoms with E-state index in [4.69, 9.17) is 15.5 Å². The summed E-state index contributed by atoms with van der Waals surface area (Å²) in [4.78, 5) is 32.5. The van der Waals surface area contributed by atoms with E-state index in [1.54, 1.807) is 7.11 Å². The molecule has 1 aliphatic heterocycles. The number of hydrogen-bond acceptors (Lipinski definition) is 6. The SMILES string of the molecule is COc1cccc(-c2cccc(N3CCN(CCN(CC(N)=O)C(=O)O)CC3)n2)c1. The van der Waals surface area contributed by atoms with E-state index in [1.165, 1.54) is 0 Å². The van der Waals surface area contributed by atoms with Crippen LogP contribution in [0.4, 0.5) is 10.6 Å². The molecule has 9 nitrogen and oxygen atoms in total. The number of anilines is 1. The van der Waals surface area contributed by atoms with Gasteiger partial charge in [-0.25, -0.2) is 9.78 Å². The Kier molecular flexibility index (Phi) is 7.08. The molecule has 1 aliphatic rings. The number of benzene rings is 1. The van der Waals surface area contributed by atoms with Gasteiger partial charge in [0.2, 0.25) is 5.91 Å². The molecule has 0 saturated carbocycles. The Morgan fingerprint density at radius 3 is 2.57 bits per heavy atom. The van der Waals surface area contributed by atoms with Crippen molar-refractivity contribution in [3.05, 3.63) is 42.5 Å². The summed E-state index contributed by atoms with van der Waals surface area (Å²) in [5, 5.41) is 9.17. The van der Waals surface area contributed by atoms with Gasteiger partial charge < -0.3 is 20.5 Å². The van der Waals surface area contributed by atoms with Crippen molar-refractivity contribution >= 4 is 17.8 Å². The third-order valence-corrected chi connectivity index (χ3v) is 5.10. The molecule has 1 fully saturated rings. The van der Waals surface area contributed by atoms with E-state index in [1.807, 2.05) is 42.5 Å². The molecule has 160 valence electrons. The molecule has 1 aromatic carbocycles. The molecule has 2 amide bonds. The molecule has 30 heavy (non-hydrogen) atoms. The minimum Gasteiger partial charge on any atom is -0.497 e. The maximum absolute atomic E-state index is 11.2. The highest BCUT2D eigenvalue weighted by molar-refractivity contribution is 5.80. The van der Waals surface area contributed by atoms with Gasteiger partial charge in [-0.3, -0.25) is 14.6 Å². The van der Waals surface area contributed by atoms with Crippen molar-refractivity contribution in [2.45, 2.75) is 0 Å². The van der Waals surface area contributed by atoms with Crippen LogP contribution < -0.4 is 15.4 Å². The fraction of sp³-hybridized carbons (Fsp3) is 0.381. The normalized spacial score (nSPS) is 14.4. The minimum atomic E-state index is -1.13. The van der Waals surface area contributed by atoms with Crippen molar-refractivity contribution in [3.63, 3.8) is 0 Å². The number of methoxy groups -OCH3 is 1. The van der Waals surface area contributed by atoms with Crippen molar-refractivity contribution in [2.75, 3.05) is 57.8 Å². The monoisotopic (exact) mass is 413 g/mol. The number of amides is 2. The number of nitrogens with zero attached hydrogens (tertiary/aromatic N) is 4. The third-order valence-electron chi connectivity index (χ3n) is 5.10. The van der Waals surface area contributed by atoms with Crippen LogP contribution >= 0.6 is 0 Å². The molecule has 9 heteroatoms. The predicted molar refractivity (Wildman–Crippen MR) is 114 cm³/mol. The van der Waals surface area contributed by atoms with Crippen molar-refractivity contribution in [1.29, 1.82) is 0 Å². The first-order valence-corrected chi connectivity index (χ1v) is 9.81. The lowest BCUT2D eigenvalue weighted by Crippen LogP contribution is -2.49. The lowest BCUT2D eigenvalue weighted by Gasteiger charge is -2.36. The van der Waals surface area contributed by atoms with Crippen LogP contribution in [-0.4, -0.2) is 84.8 Å². The Balaban J connectivity index is 1.57. The van der Waals surface area contributed by atoms with Crippen molar-refractivity contribution < 1.29 is 19.4 Å². The van der Waals surface area contributed by atoms with Gasteiger partial charge in [-0.1, -0.05) is 18.2 Å². The Bertz CT molecular complexity index is 883. The molecule has 0 unspecified atom stereocenters. The number of aromatic nitrogens is 1. The smallest absolute Gasteiger partial charge is 0.407 e. The van der Waals surface area contributed by atoms with E-state index in [2.05, 4.69) is 9.80 Å². The highest BCUT2D eigenvalue weighted by atomic mass is 16.5. The Hall–Kier alpha value is -3.33. The van der Waals surface area contributed by atoms with Crippen LogP contribution in [0.1, 0.15) is 0 Å². The molecular formula is C21H27N5O4. The summed E-state index contributed by atoms with van der Waals surface area (Å²) in [6.07, 6.45) is -1.13.